The van der Waals surface area contributed by atoms with E-state index in [1.54, 1.807) is 34.6 Å². The summed E-state index contributed by atoms with van der Waals surface area (Å²) in [4.78, 5) is 123. The molecule has 0 fully saturated rings. The zero-order valence-corrected chi connectivity index (χ0v) is 32.4. The molecule has 3 atom stereocenters. The highest BCUT2D eigenvalue weighted by molar-refractivity contribution is 6.13. The van der Waals surface area contributed by atoms with Crippen molar-refractivity contribution in [1.29, 1.82) is 0 Å². The maximum absolute atomic E-state index is 13.4. The fraction of sp³-hybridized carbons (Fsp3) is 0.500. The summed E-state index contributed by atoms with van der Waals surface area (Å²) >= 11 is 0. The van der Waals surface area contributed by atoms with Crippen LogP contribution in [0.4, 0.5) is 10.5 Å². The second-order valence-corrected chi connectivity index (χ2v) is 14.1. The molecule has 0 saturated carbocycles. The number of urea groups is 1. The summed E-state index contributed by atoms with van der Waals surface area (Å²) in [5.41, 5.74) is 4.78. The molecule has 10 N–H and O–H groups in total. The molecule has 1 aliphatic rings. The normalized spacial score (nSPS) is 13.8. The number of imide groups is 1. The topological polar surface area (TPSA) is 314 Å². The molecule has 1 aliphatic heterocycles. The van der Waals surface area contributed by atoms with Gasteiger partial charge in [0.1, 0.15) is 17.7 Å². The number of primary amides is 1. The van der Waals surface area contributed by atoms with E-state index in [1.807, 2.05) is 0 Å². The smallest absolute Gasteiger partial charge is 0.340 e. The van der Waals surface area contributed by atoms with Crippen LogP contribution in [0.5, 0.6) is 0 Å². The van der Waals surface area contributed by atoms with E-state index in [2.05, 4.69) is 37.2 Å². The van der Waals surface area contributed by atoms with Crippen molar-refractivity contribution in [3.8, 4) is 0 Å². The lowest BCUT2D eigenvalue weighted by atomic mass is 10.0. The third-order valence-corrected chi connectivity index (χ3v) is 7.79. The van der Waals surface area contributed by atoms with E-state index < -0.39 is 109 Å². The van der Waals surface area contributed by atoms with Crippen molar-refractivity contribution >= 4 is 64.9 Å². The number of nitrogens with one attached hydrogen (secondary N) is 7. The van der Waals surface area contributed by atoms with E-state index in [1.165, 1.54) is 24.3 Å². The summed E-state index contributed by atoms with van der Waals surface area (Å²) in [5, 5.41) is 27.4. The third kappa shape index (κ3) is 17.3. The summed E-state index contributed by atoms with van der Waals surface area (Å²) < 4.78 is 5.20. The summed E-state index contributed by atoms with van der Waals surface area (Å²) in [5.74, 6) is -6.69. The molecule has 10 amide bonds. The van der Waals surface area contributed by atoms with Gasteiger partial charge in [-0.05, 0) is 57.2 Å². The maximum atomic E-state index is 13.4. The Morgan fingerprint density at radius 2 is 1.32 bits per heavy atom. The molecule has 0 saturated heterocycles. The number of rotatable bonds is 21. The number of carbonyl (C=O) groups is 10. The van der Waals surface area contributed by atoms with Crippen LogP contribution < -0.4 is 43.0 Å². The minimum atomic E-state index is -1.57. The van der Waals surface area contributed by atoms with Gasteiger partial charge in [-0.25, -0.2) is 9.59 Å². The van der Waals surface area contributed by atoms with Crippen LogP contribution in [-0.2, 0) is 47.9 Å². The van der Waals surface area contributed by atoms with Crippen LogP contribution in [0.25, 0.3) is 0 Å². The Bertz CT molecular complexity index is 1690. The van der Waals surface area contributed by atoms with E-state index in [4.69, 9.17) is 10.5 Å². The molecule has 2 rings (SSSR count). The van der Waals surface area contributed by atoms with Crippen molar-refractivity contribution in [2.45, 2.75) is 77.7 Å². The van der Waals surface area contributed by atoms with Gasteiger partial charge in [-0.15, -0.1) is 0 Å². The molecular formula is C36H51N9O12. The number of aliphatic hydroxyl groups excluding tert-OH is 1. The van der Waals surface area contributed by atoms with Crippen LogP contribution in [-0.4, -0.2) is 120 Å². The second-order valence-electron chi connectivity index (χ2n) is 14.1. The van der Waals surface area contributed by atoms with Gasteiger partial charge in [0.05, 0.1) is 19.6 Å². The van der Waals surface area contributed by atoms with Crippen molar-refractivity contribution in [1.82, 2.24) is 36.8 Å². The van der Waals surface area contributed by atoms with E-state index in [-0.39, 0.29) is 43.6 Å². The molecule has 57 heavy (non-hydrogen) atoms. The van der Waals surface area contributed by atoms with Gasteiger partial charge in [-0.2, -0.15) is 0 Å². The van der Waals surface area contributed by atoms with E-state index in [0.29, 0.717) is 0 Å². The van der Waals surface area contributed by atoms with Crippen LogP contribution >= 0.6 is 0 Å². The van der Waals surface area contributed by atoms with Crippen molar-refractivity contribution in [2.75, 3.05) is 38.0 Å². The van der Waals surface area contributed by atoms with Crippen LogP contribution in [0.2, 0.25) is 0 Å². The molecule has 1 unspecified atom stereocenters. The first-order valence-corrected chi connectivity index (χ1v) is 17.9. The summed E-state index contributed by atoms with van der Waals surface area (Å²) in [6.45, 7) is 6.55. The molecule has 1 heterocycles. The minimum absolute atomic E-state index is 0.0375. The largest absolute Gasteiger partial charge is 0.458 e. The van der Waals surface area contributed by atoms with Gasteiger partial charge in [-0.3, -0.25) is 43.3 Å². The Hall–Kier alpha value is -6.38. The first-order valence-electron chi connectivity index (χ1n) is 17.9. The fourth-order valence-electron chi connectivity index (χ4n) is 4.89. The standard InChI is InChI=1S/C36H51N9O12/c1-20(2)30(44-27(49)19-41-26(48)18-40-25(47)17-39-24(46)14-16-45-28(50)12-13-29(45)51)33(54)43-23(7-6-15-38-35(37)56)32(53)42-22-10-8-21(9-11-22)31(52)34(55)57-36(3,4)5/h8-13,20,23,30-31,52H,6-7,14-19H2,1-5H3,(H,39,46)(H,40,47)(H,41,48)(H,42,53)(H,43,54)(H,44,49)(H3,37,38,56)/t23-,30-,31?/m0/s1. The SMILES string of the molecule is CC(C)[C@H](NC(=O)CNC(=O)CNC(=O)CNC(=O)CCN1C(=O)C=CC1=O)C(=O)N[C@@H](CCCNC(N)=O)C(=O)Nc1ccc(C(O)C(=O)OC(C)(C)C)cc1. The number of amides is 10. The molecule has 21 nitrogen and oxygen atoms in total. The summed E-state index contributed by atoms with van der Waals surface area (Å²) in [6.07, 6.45) is 0.610. The lowest BCUT2D eigenvalue weighted by Gasteiger charge is -2.25. The number of benzene rings is 1. The molecule has 0 radical (unpaired) electrons. The first-order chi connectivity index (χ1) is 26.7. The predicted octanol–water partition coefficient (Wildman–Crippen LogP) is -2.26. The Balaban J connectivity index is 1.90. The molecular weight excluding hydrogens is 750 g/mol. The number of nitrogens with zero attached hydrogens (tertiary/aromatic N) is 1. The zero-order valence-electron chi connectivity index (χ0n) is 32.4. The molecule has 0 bridgehead atoms. The van der Waals surface area contributed by atoms with Gasteiger partial charge in [0.25, 0.3) is 11.8 Å². The van der Waals surface area contributed by atoms with Gasteiger partial charge in [0.2, 0.25) is 35.4 Å². The average Bonchev–Trinajstić information content (AvgIpc) is 3.46. The fourth-order valence-corrected chi connectivity index (χ4v) is 4.89. The molecule has 0 spiro atoms. The number of esters is 1. The first kappa shape index (κ1) is 46.8. The van der Waals surface area contributed by atoms with Crippen molar-refractivity contribution < 1.29 is 57.8 Å². The minimum Gasteiger partial charge on any atom is -0.458 e. The Kier molecular flexibility index (Phi) is 18.3. The van der Waals surface area contributed by atoms with Crippen molar-refractivity contribution in [2.24, 2.45) is 11.7 Å². The monoisotopic (exact) mass is 801 g/mol. The predicted molar refractivity (Wildman–Crippen MR) is 201 cm³/mol. The number of ether oxygens (including phenoxy) is 1. The van der Waals surface area contributed by atoms with E-state index >= 15 is 0 Å². The molecule has 21 heteroatoms. The molecule has 0 aromatic heterocycles. The maximum Gasteiger partial charge on any atom is 0.340 e. The summed E-state index contributed by atoms with van der Waals surface area (Å²) in [7, 11) is 0. The van der Waals surface area contributed by atoms with Gasteiger partial charge in [0, 0.05) is 37.3 Å². The summed E-state index contributed by atoms with van der Waals surface area (Å²) in [6, 6.07) is 2.60. The third-order valence-electron chi connectivity index (χ3n) is 7.79. The number of aliphatic hydroxyl groups is 1. The Morgan fingerprint density at radius 1 is 0.772 bits per heavy atom. The number of anilines is 1. The Morgan fingerprint density at radius 3 is 1.84 bits per heavy atom. The number of hydrogen-bond donors (Lipinski definition) is 9. The lowest BCUT2D eigenvalue weighted by Crippen LogP contribution is -2.56. The number of hydrogen-bond acceptors (Lipinski definition) is 12. The van der Waals surface area contributed by atoms with Crippen LogP contribution in [0.15, 0.2) is 36.4 Å². The van der Waals surface area contributed by atoms with E-state index in [9.17, 15) is 53.1 Å². The highest BCUT2D eigenvalue weighted by atomic mass is 16.6. The Labute approximate surface area is 328 Å². The molecule has 0 aliphatic carbocycles. The zero-order chi connectivity index (χ0) is 42.9. The molecule has 1 aromatic carbocycles. The van der Waals surface area contributed by atoms with Gasteiger partial charge >= 0.3 is 12.0 Å². The van der Waals surface area contributed by atoms with Crippen LogP contribution in [0.1, 0.15) is 65.5 Å². The lowest BCUT2D eigenvalue weighted by molar-refractivity contribution is -0.165. The van der Waals surface area contributed by atoms with Crippen molar-refractivity contribution in [3.63, 3.8) is 0 Å². The second kappa shape index (κ2) is 22.2. The van der Waals surface area contributed by atoms with E-state index in [0.717, 1.165) is 17.1 Å². The van der Waals surface area contributed by atoms with Gasteiger partial charge in [-0.1, -0.05) is 26.0 Å². The van der Waals surface area contributed by atoms with Gasteiger partial charge in [0.15, 0.2) is 6.10 Å². The molecule has 1 aromatic rings. The van der Waals surface area contributed by atoms with Crippen LogP contribution in [0, 0.1) is 5.92 Å². The average molecular weight is 802 g/mol. The molecule has 312 valence electrons. The van der Waals surface area contributed by atoms with Crippen LogP contribution in [0.3, 0.4) is 0 Å². The van der Waals surface area contributed by atoms with Gasteiger partial charge < -0.3 is 52.8 Å². The number of carbonyl (C=O) groups excluding carboxylic acids is 10. The number of nitrogens with two attached hydrogens (primary N) is 1. The highest BCUT2D eigenvalue weighted by Crippen LogP contribution is 2.21. The highest BCUT2D eigenvalue weighted by Gasteiger charge is 2.30. The quantitative estimate of drug-likeness (QED) is 0.0362. The van der Waals surface area contributed by atoms with Crippen molar-refractivity contribution in [3.05, 3.63) is 42.0 Å².